The lowest BCUT2D eigenvalue weighted by atomic mass is 9.71. The van der Waals surface area contributed by atoms with E-state index in [1.54, 1.807) is 6.92 Å². The summed E-state index contributed by atoms with van der Waals surface area (Å²) in [5, 5.41) is 12.3. The number of carbonyl (C=O) groups excluding carboxylic acids is 1. The molecule has 0 saturated heterocycles. The predicted molar refractivity (Wildman–Crippen MR) is 69.0 cm³/mol. The standard InChI is InChI=1S/C13H24N2O3/c1-9(6-8-14)11(16)15-10-5-3-4-7-13(10,2)12(17)18/h9-10H,3-8,14H2,1-2H3,(H,15,16)(H,17,18). The van der Waals surface area contributed by atoms with Crippen molar-refractivity contribution in [1.29, 1.82) is 0 Å². The minimum atomic E-state index is -0.837. The van der Waals surface area contributed by atoms with Gasteiger partial charge in [-0.05, 0) is 32.7 Å². The molecular weight excluding hydrogens is 232 g/mol. The number of amides is 1. The summed E-state index contributed by atoms with van der Waals surface area (Å²) in [5.41, 5.74) is 4.59. The van der Waals surface area contributed by atoms with Gasteiger partial charge in [-0.3, -0.25) is 9.59 Å². The Morgan fingerprint density at radius 3 is 2.72 bits per heavy atom. The monoisotopic (exact) mass is 256 g/mol. The van der Waals surface area contributed by atoms with E-state index in [9.17, 15) is 14.7 Å². The second kappa shape index (κ2) is 6.18. The molecule has 1 saturated carbocycles. The van der Waals surface area contributed by atoms with Crippen molar-refractivity contribution in [3.8, 4) is 0 Å². The Balaban J connectivity index is 2.68. The van der Waals surface area contributed by atoms with Gasteiger partial charge in [0, 0.05) is 12.0 Å². The maximum absolute atomic E-state index is 12.0. The molecule has 0 aromatic carbocycles. The van der Waals surface area contributed by atoms with Crippen LogP contribution in [-0.4, -0.2) is 29.6 Å². The topological polar surface area (TPSA) is 92.4 Å². The molecule has 1 aliphatic rings. The molecule has 1 rings (SSSR count). The summed E-state index contributed by atoms with van der Waals surface area (Å²) in [6.45, 7) is 4.02. The molecule has 18 heavy (non-hydrogen) atoms. The summed E-state index contributed by atoms with van der Waals surface area (Å²) in [6, 6.07) is -0.267. The normalized spacial score (nSPS) is 29.6. The quantitative estimate of drug-likeness (QED) is 0.687. The van der Waals surface area contributed by atoms with E-state index in [2.05, 4.69) is 5.32 Å². The lowest BCUT2D eigenvalue weighted by Crippen LogP contribution is -2.53. The van der Waals surface area contributed by atoms with Crippen molar-refractivity contribution < 1.29 is 14.7 Å². The highest BCUT2D eigenvalue weighted by atomic mass is 16.4. The number of hydrogen-bond acceptors (Lipinski definition) is 3. The maximum Gasteiger partial charge on any atom is 0.311 e. The molecule has 1 aliphatic carbocycles. The van der Waals surface area contributed by atoms with E-state index in [0.29, 0.717) is 19.4 Å². The van der Waals surface area contributed by atoms with Crippen molar-refractivity contribution >= 4 is 11.9 Å². The summed E-state index contributed by atoms with van der Waals surface area (Å²) >= 11 is 0. The Bertz CT molecular complexity index is 319. The molecule has 4 N–H and O–H groups in total. The Morgan fingerprint density at radius 1 is 1.50 bits per heavy atom. The first kappa shape index (κ1) is 15.0. The van der Waals surface area contributed by atoms with Crippen LogP contribution in [-0.2, 0) is 9.59 Å². The van der Waals surface area contributed by atoms with Crippen molar-refractivity contribution in [2.75, 3.05) is 6.54 Å². The third kappa shape index (κ3) is 3.22. The van der Waals surface area contributed by atoms with Gasteiger partial charge in [0.15, 0.2) is 0 Å². The zero-order chi connectivity index (χ0) is 13.8. The number of carbonyl (C=O) groups is 2. The molecular formula is C13H24N2O3. The molecule has 0 aliphatic heterocycles. The Kier molecular flexibility index (Phi) is 5.14. The Hall–Kier alpha value is -1.10. The fourth-order valence-electron chi connectivity index (χ4n) is 2.52. The van der Waals surface area contributed by atoms with Crippen molar-refractivity contribution in [3.05, 3.63) is 0 Å². The number of nitrogens with one attached hydrogen (secondary N) is 1. The van der Waals surface area contributed by atoms with Gasteiger partial charge in [-0.25, -0.2) is 0 Å². The van der Waals surface area contributed by atoms with Crippen LogP contribution in [0.3, 0.4) is 0 Å². The zero-order valence-corrected chi connectivity index (χ0v) is 11.2. The Morgan fingerprint density at radius 2 is 2.17 bits per heavy atom. The first-order chi connectivity index (χ1) is 8.41. The van der Waals surface area contributed by atoms with Crippen molar-refractivity contribution in [2.45, 2.75) is 52.0 Å². The van der Waals surface area contributed by atoms with E-state index < -0.39 is 11.4 Å². The van der Waals surface area contributed by atoms with Crippen LogP contribution in [0.5, 0.6) is 0 Å². The van der Waals surface area contributed by atoms with Gasteiger partial charge in [0.05, 0.1) is 5.41 Å². The van der Waals surface area contributed by atoms with Crippen LogP contribution in [0, 0.1) is 11.3 Å². The largest absolute Gasteiger partial charge is 0.481 e. The van der Waals surface area contributed by atoms with Crippen LogP contribution < -0.4 is 11.1 Å². The average molecular weight is 256 g/mol. The summed E-state index contributed by atoms with van der Waals surface area (Å²) in [7, 11) is 0. The smallest absolute Gasteiger partial charge is 0.311 e. The van der Waals surface area contributed by atoms with E-state index in [0.717, 1.165) is 19.3 Å². The van der Waals surface area contributed by atoms with E-state index in [1.165, 1.54) is 0 Å². The van der Waals surface area contributed by atoms with Gasteiger partial charge < -0.3 is 16.2 Å². The van der Waals surface area contributed by atoms with Gasteiger partial charge >= 0.3 is 5.97 Å². The minimum absolute atomic E-state index is 0.0835. The summed E-state index contributed by atoms with van der Waals surface area (Å²) in [6.07, 6.45) is 3.87. The zero-order valence-electron chi connectivity index (χ0n) is 11.2. The third-order valence-electron chi connectivity index (χ3n) is 4.06. The predicted octanol–water partition coefficient (Wildman–Crippen LogP) is 1.12. The van der Waals surface area contributed by atoms with Crippen LogP contribution in [0.1, 0.15) is 46.0 Å². The fourth-order valence-corrected chi connectivity index (χ4v) is 2.52. The molecule has 0 heterocycles. The second-order valence-electron chi connectivity index (χ2n) is 5.51. The van der Waals surface area contributed by atoms with Crippen molar-refractivity contribution in [2.24, 2.45) is 17.1 Å². The summed E-state index contributed by atoms with van der Waals surface area (Å²) < 4.78 is 0. The van der Waals surface area contributed by atoms with Crippen LogP contribution in [0.2, 0.25) is 0 Å². The van der Waals surface area contributed by atoms with Gasteiger partial charge in [0.25, 0.3) is 0 Å². The number of carboxylic acid groups (broad SMARTS) is 1. The minimum Gasteiger partial charge on any atom is -0.481 e. The molecule has 104 valence electrons. The molecule has 0 radical (unpaired) electrons. The molecule has 0 aromatic heterocycles. The molecule has 0 spiro atoms. The molecule has 3 unspecified atom stereocenters. The lowest BCUT2D eigenvalue weighted by molar-refractivity contribution is -0.152. The SMILES string of the molecule is CC(CCN)C(=O)NC1CCCCC1(C)C(=O)O. The highest BCUT2D eigenvalue weighted by Crippen LogP contribution is 2.36. The van der Waals surface area contributed by atoms with E-state index in [4.69, 9.17) is 5.73 Å². The van der Waals surface area contributed by atoms with Gasteiger partial charge in [0.1, 0.15) is 0 Å². The fraction of sp³-hybridized carbons (Fsp3) is 0.846. The van der Waals surface area contributed by atoms with Gasteiger partial charge in [-0.2, -0.15) is 0 Å². The number of nitrogens with two attached hydrogens (primary N) is 1. The van der Waals surface area contributed by atoms with Crippen LogP contribution >= 0.6 is 0 Å². The maximum atomic E-state index is 12.0. The van der Waals surface area contributed by atoms with Gasteiger partial charge in [-0.15, -0.1) is 0 Å². The molecule has 3 atom stereocenters. The number of hydrogen-bond donors (Lipinski definition) is 3. The summed E-state index contributed by atoms with van der Waals surface area (Å²) in [5.74, 6) is -1.06. The number of aliphatic carboxylic acids is 1. The van der Waals surface area contributed by atoms with Gasteiger partial charge in [-0.1, -0.05) is 19.8 Å². The summed E-state index contributed by atoms with van der Waals surface area (Å²) in [4.78, 5) is 23.3. The first-order valence-corrected chi connectivity index (χ1v) is 6.65. The highest BCUT2D eigenvalue weighted by molar-refractivity contribution is 5.81. The molecule has 0 aromatic rings. The highest BCUT2D eigenvalue weighted by Gasteiger charge is 2.44. The molecule has 0 bridgehead atoms. The molecule has 1 amide bonds. The van der Waals surface area contributed by atoms with Crippen molar-refractivity contribution in [1.82, 2.24) is 5.32 Å². The van der Waals surface area contributed by atoms with E-state index in [1.807, 2.05) is 6.92 Å². The van der Waals surface area contributed by atoms with Crippen LogP contribution in [0.4, 0.5) is 0 Å². The lowest BCUT2D eigenvalue weighted by Gasteiger charge is -2.38. The molecule has 1 fully saturated rings. The number of rotatable bonds is 5. The van der Waals surface area contributed by atoms with Crippen molar-refractivity contribution in [3.63, 3.8) is 0 Å². The number of carboxylic acids is 1. The third-order valence-corrected chi connectivity index (χ3v) is 4.06. The van der Waals surface area contributed by atoms with Crippen LogP contribution in [0.25, 0.3) is 0 Å². The average Bonchev–Trinajstić information content (AvgIpc) is 2.32. The molecule has 5 nitrogen and oxygen atoms in total. The Labute approximate surface area is 108 Å². The van der Waals surface area contributed by atoms with Gasteiger partial charge in [0.2, 0.25) is 5.91 Å². The van der Waals surface area contributed by atoms with E-state index in [-0.39, 0.29) is 17.9 Å². The molecule has 5 heteroatoms. The van der Waals surface area contributed by atoms with Crippen LogP contribution in [0.15, 0.2) is 0 Å². The second-order valence-corrected chi connectivity index (χ2v) is 5.51. The van der Waals surface area contributed by atoms with E-state index >= 15 is 0 Å². The first-order valence-electron chi connectivity index (χ1n) is 6.65.